The van der Waals surface area contributed by atoms with E-state index < -0.39 is 5.54 Å². The summed E-state index contributed by atoms with van der Waals surface area (Å²) in [7, 11) is 0. The van der Waals surface area contributed by atoms with E-state index in [1.165, 1.54) is 16.0 Å². The minimum atomic E-state index is -0.651. The third-order valence-electron chi connectivity index (χ3n) is 5.42. The molecular weight excluding hydrogens is 366 g/mol. The lowest BCUT2D eigenvalue weighted by atomic mass is 9.98. The van der Waals surface area contributed by atoms with Crippen molar-refractivity contribution >= 4 is 17.2 Å². The van der Waals surface area contributed by atoms with Crippen LogP contribution in [0, 0.1) is 17.2 Å². The van der Waals surface area contributed by atoms with Gasteiger partial charge in [0.15, 0.2) is 6.54 Å². The molecule has 0 aliphatic heterocycles. The lowest BCUT2D eigenvalue weighted by molar-refractivity contribution is -0.676. The molecule has 1 fully saturated rings. The molecule has 2 aromatic rings. The highest BCUT2D eigenvalue weighted by Crippen LogP contribution is 2.28. The maximum Gasteiger partial charge on any atom is 0.276 e. The molecule has 1 heterocycles. The molecule has 0 saturated heterocycles. The standard InChI is InChI=1S/C23H29N3OS/c1-17(2)14-18-7-9-19(10-8-18)22(20-6-5-13-28-20)25-15-21(27)26-23(16-24)11-3-4-12-23/h5-10,13,17,22,25H,3-4,11-12,14-15H2,1-2H3,(H,26,27)/p+1/t22-/m0/s1. The number of thiophene rings is 1. The Hall–Kier alpha value is -2.16. The molecule has 3 N–H and O–H groups in total. The molecule has 0 bridgehead atoms. The van der Waals surface area contributed by atoms with Crippen molar-refractivity contribution in [1.29, 1.82) is 5.26 Å². The van der Waals surface area contributed by atoms with Gasteiger partial charge in [-0.2, -0.15) is 5.26 Å². The summed E-state index contributed by atoms with van der Waals surface area (Å²) >= 11 is 1.71. The van der Waals surface area contributed by atoms with Crippen LogP contribution in [0.1, 0.15) is 61.6 Å². The Morgan fingerprint density at radius 3 is 2.54 bits per heavy atom. The van der Waals surface area contributed by atoms with Crippen molar-refractivity contribution in [3.05, 3.63) is 57.8 Å². The number of benzene rings is 1. The fraction of sp³-hybridized carbons (Fsp3) is 0.478. The van der Waals surface area contributed by atoms with Crippen molar-refractivity contribution in [3.8, 4) is 6.07 Å². The third-order valence-corrected chi connectivity index (χ3v) is 6.38. The number of nitriles is 1. The normalized spacial score (nSPS) is 16.6. The van der Waals surface area contributed by atoms with Crippen LogP contribution in [0.2, 0.25) is 0 Å². The summed E-state index contributed by atoms with van der Waals surface area (Å²) in [6.45, 7) is 4.78. The molecule has 1 aromatic heterocycles. The van der Waals surface area contributed by atoms with Crippen molar-refractivity contribution in [3.63, 3.8) is 0 Å². The van der Waals surface area contributed by atoms with Gasteiger partial charge in [0.25, 0.3) is 5.91 Å². The summed E-state index contributed by atoms with van der Waals surface area (Å²) in [5.74, 6) is 0.582. The van der Waals surface area contributed by atoms with E-state index in [2.05, 4.69) is 72.3 Å². The zero-order valence-corrected chi connectivity index (χ0v) is 17.6. The van der Waals surface area contributed by atoms with Gasteiger partial charge in [-0.05, 0) is 55.0 Å². The van der Waals surface area contributed by atoms with E-state index in [0.29, 0.717) is 12.5 Å². The molecule has 28 heavy (non-hydrogen) atoms. The predicted octanol–water partition coefficient (Wildman–Crippen LogP) is 3.55. The molecule has 0 spiro atoms. The quantitative estimate of drug-likeness (QED) is 0.716. The number of nitrogens with zero attached hydrogens (tertiary/aromatic N) is 1. The number of hydrogen-bond acceptors (Lipinski definition) is 3. The Morgan fingerprint density at radius 1 is 1.25 bits per heavy atom. The van der Waals surface area contributed by atoms with Crippen molar-refractivity contribution in [2.45, 2.75) is 57.5 Å². The van der Waals surface area contributed by atoms with E-state index in [1.54, 1.807) is 11.3 Å². The molecule has 5 heteroatoms. The van der Waals surface area contributed by atoms with Crippen LogP contribution in [-0.2, 0) is 11.2 Å². The van der Waals surface area contributed by atoms with Crippen LogP contribution in [-0.4, -0.2) is 18.0 Å². The maximum atomic E-state index is 12.6. The number of nitrogens with one attached hydrogen (secondary N) is 1. The second-order valence-corrected chi connectivity index (χ2v) is 9.20. The summed E-state index contributed by atoms with van der Waals surface area (Å²) < 4.78 is 0. The van der Waals surface area contributed by atoms with Crippen LogP contribution in [0.25, 0.3) is 0 Å². The molecule has 1 aliphatic rings. The highest BCUT2D eigenvalue weighted by atomic mass is 32.1. The minimum absolute atomic E-state index is 0.0542. The summed E-state index contributed by atoms with van der Waals surface area (Å²) in [5.41, 5.74) is 1.90. The van der Waals surface area contributed by atoms with Crippen LogP contribution in [0.3, 0.4) is 0 Å². The Balaban J connectivity index is 1.68. The lowest BCUT2D eigenvalue weighted by Gasteiger charge is -2.22. The van der Waals surface area contributed by atoms with Crippen LogP contribution in [0.4, 0.5) is 0 Å². The maximum absolute atomic E-state index is 12.6. The minimum Gasteiger partial charge on any atom is -0.333 e. The first-order chi connectivity index (χ1) is 13.5. The second-order valence-electron chi connectivity index (χ2n) is 8.22. The van der Waals surface area contributed by atoms with Crippen LogP contribution in [0.5, 0.6) is 0 Å². The molecule has 148 valence electrons. The molecule has 1 saturated carbocycles. The van der Waals surface area contributed by atoms with Gasteiger partial charge >= 0.3 is 0 Å². The van der Waals surface area contributed by atoms with Crippen LogP contribution in [0.15, 0.2) is 41.8 Å². The molecular formula is C23H30N3OS+. The van der Waals surface area contributed by atoms with Gasteiger partial charge in [-0.1, -0.05) is 44.2 Å². The molecule has 3 rings (SSSR count). The number of hydrogen-bond donors (Lipinski definition) is 2. The molecule has 1 atom stereocenters. The molecule has 1 aromatic carbocycles. The summed E-state index contributed by atoms with van der Waals surface area (Å²) in [4.78, 5) is 13.8. The predicted molar refractivity (Wildman–Crippen MR) is 113 cm³/mol. The lowest BCUT2D eigenvalue weighted by Crippen LogP contribution is -2.88. The highest BCUT2D eigenvalue weighted by molar-refractivity contribution is 7.10. The first kappa shape index (κ1) is 20.6. The van der Waals surface area contributed by atoms with E-state index in [4.69, 9.17) is 0 Å². The van der Waals surface area contributed by atoms with Crippen LogP contribution < -0.4 is 10.6 Å². The number of carbonyl (C=O) groups excluding carboxylic acids is 1. The second kappa shape index (κ2) is 9.36. The molecule has 4 nitrogen and oxygen atoms in total. The number of nitrogens with two attached hydrogens (primary N) is 1. The smallest absolute Gasteiger partial charge is 0.276 e. The van der Waals surface area contributed by atoms with Gasteiger partial charge in [0.05, 0.1) is 10.9 Å². The summed E-state index contributed by atoms with van der Waals surface area (Å²) in [6, 6.07) is 15.4. The average molecular weight is 397 g/mol. The van der Waals surface area contributed by atoms with Crippen LogP contribution >= 0.6 is 11.3 Å². The molecule has 0 radical (unpaired) electrons. The average Bonchev–Trinajstić information content (AvgIpc) is 3.35. The van der Waals surface area contributed by atoms with Gasteiger partial charge in [0, 0.05) is 5.56 Å². The number of carbonyl (C=O) groups is 1. The SMILES string of the molecule is CC(C)Cc1ccc([C@H]([NH2+]CC(=O)NC2(C#N)CCCC2)c2cccs2)cc1. The van der Waals surface area contributed by atoms with Gasteiger partial charge < -0.3 is 10.6 Å². The first-order valence-corrected chi connectivity index (χ1v) is 11.1. The summed E-state index contributed by atoms with van der Waals surface area (Å²) in [5, 5.41) is 16.6. The van der Waals surface area contributed by atoms with E-state index in [-0.39, 0.29) is 11.9 Å². The zero-order valence-electron chi connectivity index (χ0n) is 16.8. The van der Waals surface area contributed by atoms with Gasteiger partial charge in [-0.3, -0.25) is 4.79 Å². The largest absolute Gasteiger partial charge is 0.333 e. The fourth-order valence-corrected chi connectivity index (χ4v) is 4.85. The zero-order chi connectivity index (χ0) is 20.0. The Labute approximate surface area is 172 Å². The van der Waals surface area contributed by atoms with Crippen molar-refractivity contribution in [1.82, 2.24) is 5.32 Å². The third kappa shape index (κ3) is 5.21. The number of rotatable bonds is 8. The Bertz CT molecular complexity index is 799. The Kier molecular flexibility index (Phi) is 6.88. The number of amides is 1. The van der Waals surface area contributed by atoms with Gasteiger partial charge in [0.2, 0.25) is 0 Å². The molecule has 0 unspecified atom stereocenters. The molecule has 1 aliphatic carbocycles. The van der Waals surface area contributed by atoms with E-state index in [1.807, 2.05) is 0 Å². The van der Waals surface area contributed by atoms with Gasteiger partial charge in [0.1, 0.15) is 11.6 Å². The van der Waals surface area contributed by atoms with E-state index in [0.717, 1.165) is 32.1 Å². The van der Waals surface area contributed by atoms with Crippen molar-refractivity contribution < 1.29 is 10.1 Å². The van der Waals surface area contributed by atoms with E-state index >= 15 is 0 Å². The van der Waals surface area contributed by atoms with Crippen molar-refractivity contribution in [2.24, 2.45) is 5.92 Å². The van der Waals surface area contributed by atoms with Crippen molar-refractivity contribution in [2.75, 3.05) is 6.54 Å². The monoisotopic (exact) mass is 396 g/mol. The first-order valence-electron chi connectivity index (χ1n) is 10.2. The topological polar surface area (TPSA) is 69.5 Å². The fourth-order valence-electron chi connectivity index (χ4n) is 4.00. The molecule has 1 amide bonds. The highest BCUT2D eigenvalue weighted by Gasteiger charge is 2.35. The van der Waals surface area contributed by atoms with Gasteiger partial charge in [-0.15, -0.1) is 11.3 Å². The number of quaternary nitrogens is 1. The van der Waals surface area contributed by atoms with E-state index in [9.17, 15) is 10.1 Å². The Morgan fingerprint density at radius 2 is 1.96 bits per heavy atom. The van der Waals surface area contributed by atoms with Gasteiger partial charge in [-0.25, -0.2) is 0 Å². The summed E-state index contributed by atoms with van der Waals surface area (Å²) in [6.07, 6.45) is 4.63.